The summed E-state index contributed by atoms with van der Waals surface area (Å²) in [5.74, 6) is -0.921. The zero-order valence-electron chi connectivity index (χ0n) is 22.1. The highest BCUT2D eigenvalue weighted by Crippen LogP contribution is 2.35. The van der Waals surface area contributed by atoms with Crippen molar-refractivity contribution in [2.75, 3.05) is 23.4 Å². The molecule has 10 nitrogen and oxygen atoms in total. The van der Waals surface area contributed by atoms with E-state index < -0.39 is 23.3 Å². The Morgan fingerprint density at radius 1 is 0.976 bits per heavy atom. The maximum absolute atomic E-state index is 13.7. The monoisotopic (exact) mass is 565 g/mol. The number of carbonyl (C=O) groups excluding carboxylic acids is 3. The maximum Gasteiger partial charge on any atom is 0.338 e. The lowest BCUT2D eigenvalue weighted by atomic mass is 10.1. The Bertz CT molecular complexity index is 1940. The Kier molecular flexibility index (Phi) is 6.64. The van der Waals surface area contributed by atoms with Gasteiger partial charge in [0.25, 0.3) is 11.5 Å². The third-order valence-corrected chi connectivity index (χ3v) is 7.63. The average Bonchev–Trinajstić information content (AvgIpc) is 3.60. The number of nitrogens with zero attached hydrogens (tertiary/aromatic N) is 4. The van der Waals surface area contributed by atoms with E-state index in [4.69, 9.17) is 4.74 Å². The number of aryl methyl sites for hydroxylation is 1. The zero-order chi connectivity index (χ0) is 28.7. The second-order valence-corrected chi connectivity index (χ2v) is 10.3. The standard InChI is InChI=1S/C30H23N5O5S/c1-3-40-29(39)19-12-14-20(15-13-19)31-23(36)16-34-22-7-5-4-6-21(22)24(27(34)37)25-28(38)35-30(41-25)32-26(33-35)18-10-8-17(2)9-11-18/h4-15H,3,16H2,1-2H3,(H,31,36)/b25-24-. The largest absolute Gasteiger partial charge is 0.462 e. The van der Waals surface area contributed by atoms with Gasteiger partial charge in [0, 0.05) is 16.8 Å². The summed E-state index contributed by atoms with van der Waals surface area (Å²) in [5, 5.41) is 7.15. The summed E-state index contributed by atoms with van der Waals surface area (Å²) in [7, 11) is 0. The van der Waals surface area contributed by atoms with Crippen LogP contribution in [0.2, 0.25) is 0 Å². The van der Waals surface area contributed by atoms with Crippen LogP contribution >= 0.6 is 11.3 Å². The first-order chi connectivity index (χ1) is 19.8. The van der Waals surface area contributed by atoms with E-state index in [0.29, 0.717) is 33.3 Å². The number of benzene rings is 3. The predicted octanol–water partition coefficient (Wildman–Crippen LogP) is 3.21. The number of hydrogen-bond donors (Lipinski definition) is 1. The van der Waals surface area contributed by atoms with Gasteiger partial charge in [0.15, 0.2) is 5.82 Å². The Morgan fingerprint density at radius 3 is 2.41 bits per heavy atom. The number of esters is 1. The second kappa shape index (κ2) is 10.4. The van der Waals surface area contributed by atoms with Crippen LogP contribution in [0.4, 0.5) is 11.4 Å². The summed E-state index contributed by atoms with van der Waals surface area (Å²) >= 11 is 1.09. The van der Waals surface area contributed by atoms with E-state index in [1.165, 1.54) is 9.42 Å². The van der Waals surface area contributed by atoms with Crippen LogP contribution in [0.15, 0.2) is 77.6 Å². The van der Waals surface area contributed by atoms with Crippen LogP contribution in [0.5, 0.6) is 0 Å². The number of aromatic nitrogens is 3. The molecular weight excluding hydrogens is 542 g/mol. The van der Waals surface area contributed by atoms with Gasteiger partial charge in [0.05, 0.1) is 23.4 Å². The van der Waals surface area contributed by atoms with E-state index >= 15 is 0 Å². The molecule has 41 heavy (non-hydrogen) atoms. The normalized spacial score (nSPS) is 13.9. The molecule has 0 bridgehead atoms. The molecule has 0 unspecified atom stereocenters. The minimum absolute atomic E-state index is 0.213. The number of rotatable bonds is 6. The van der Waals surface area contributed by atoms with Gasteiger partial charge >= 0.3 is 5.97 Å². The molecule has 1 N–H and O–H groups in total. The number of thiazole rings is 1. The summed E-state index contributed by atoms with van der Waals surface area (Å²) in [4.78, 5) is 58.2. The van der Waals surface area contributed by atoms with Gasteiger partial charge in [0.2, 0.25) is 10.9 Å². The van der Waals surface area contributed by atoms with E-state index in [0.717, 1.165) is 22.5 Å². The summed E-state index contributed by atoms with van der Waals surface area (Å²) in [6.07, 6.45) is 0. The fourth-order valence-corrected chi connectivity index (χ4v) is 5.61. The fourth-order valence-electron chi connectivity index (χ4n) is 4.61. The highest BCUT2D eigenvalue weighted by Gasteiger charge is 2.35. The van der Waals surface area contributed by atoms with Crippen molar-refractivity contribution in [2.24, 2.45) is 0 Å². The molecular formula is C30H23N5O5S. The molecule has 2 amide bonds. The smallest absolute Gasteiger partial charge is 0.338 e. The quantitative estimate of drug-likeness (QED) is 0.314. The van der Waals surface area contributed by atoms with E-state index in [9.17, 15) is 19.2 Å². The van der Waals surface area contributed by atoms with Gasteiger partial charge in [-0.1, -0.05) is 59.4 Å². The molecule has 0 saturated heterocycles. The second-order valence-electron chi connectivity index (χ2n) is 9.36. The van der Waals surface area contributed by atoms with Gasteiger partial charge < -0.3 is 10.1 Å². The molecule has 1 aliphatic rings. The molecule has 6 rings (SSSR count). The zero-order valence-corrected chi connectivity index (χ0v) is 22.9. The molecule has 5 aromatic rings. The van der Waals surface area contributed by atoms with Crippen LogP contribution in [-0.2, 0) is 14.3 Å². The van der Waals surface area contributed by atoms with Crippen molar-refractivity contribution < 1.29 is 19.1 Å². The molecule has 3 heterocycles. The summed E-state index contributed by atoms with van der Waals surface area (Å²) in [5.41, 5.74) is 3.57. The molecule has 0 aliphatic carbocycles. The number of nitrogens with one attached hydrogen (secondary N) is 1. The lowest BCUT2D eigenvalue weighted by Crippen LogP contribution is -2.37. The number of amides is 2. The minimum atomic E-state index is -0.459. The topological polar surface area (TPSA) is 123 Å². The van der Waals surface area contributed by atoms with Crippen LogP contribution in [0.1, 0.15) is 28.4 Å². The van der Waals surface area contributed by atoms with Gasteiger partial charge in [-0.25, -0.2) is 4.79 Å². The summed E-state index contributed by atoms with van der Waals surface area (Å²) in [6.45, 7) is 3.70. The van der Waals surface area contributed by atoms with Crippen molar-refractivity contribution >= 4 is 51.0 Å². The fraction of sp³-hybridized carbons (Fsp3) is 0.133. The van der Waals surface area contributed by atoms with Gasteiger partial charge in [-0.15, -0.1) is 5.10 Å². The predicted molar refractivity (Wildman–Crippen MR) is 155 cm³/mol. The molecule has 0 radical (unpaired) electrons. The maximum atomic E-state index is 13.7. The molecule has 1 aliphatic heterocycles. The molecule has 0 spiro atoms. The Morgan fingerprint density at radius 2 is 1.71 bits per heavy atom. The molecule has 11 heteroatoms. The van der Waals surface area contributed by atoms with Crippen molar-refractivity contribution in [3.63, 3.8) is 0 Å². The van der Waals surface area contributed by atoms with Crippen LogP contribution < -0.4 is 20.3 Å². The number of carbonyl (C=O) groups is 3. The van der Waals surface area contributed by atoms with E-state index in [2.05, 4.69) is 15.4 Å². The van der Waals surface area contributed by atoms with Crippen molar-refractivity contribution in [3.8, 4) is 11.4 Å². The SMILES string of the molecule is CCOC(=O)c1ccc(NC(=O)CN2C(=O)/C(=c3\sc4nc(-c5ccc(C)cc5)nn4c3=O)c3ccccc32)cc1. The first-order valence-electron chi connectivity index (χ1n) is 12.8. The number of para-hydroxylation sites is 1. The Hall–Kier alpha value is -5.16. The highest BCUT2D eigenvalue weighted by atomic mass is 32.1. The van der Waals surface area contributed by atoms with Gasteiger partial charge in [-0.05, 0) is 44.2 Å². The summed E-state index contributed by atoms with van der Waals surface area (Å²) < 4.78 is 6.41. The first-order valence-corrected chi connectivity index (χ1v) is 13.6. The lowest BCUT2D eigenvalue weighted by molar-refractivity contribution is -0.118. The minimum Gasteiger partial charge on any atom is -0.462 e. The third-order valence-electron chi connectivity index (χ3n) is 6.60. The first kappa shape index (κ1) is 26.1. The molecule has 204 valence electrons. The highest BCUT2D eigenvalue weighted by molar-refractivity contribution is 7.15. The van der Waals surface area contributed by atoms with Crippen molar-refractivity contribution in [1.82, 2.24) is 14.6 Å². The van der Waals surface area contributed by atoms with Crippen LogP contribution in [0.3, 0.4) is 0 Å². The number of ether oxygens (including phenoxy) is 1. The number of fused-ring (bicyclic) bond motifs is 2. The van der Waals surface area contributed by atoms with Gasteiger partial charge in [0.1, 0.15) is 11.1 Å². The van der Waals surface area contributed by atoms with Crippen LogP contribution in [0, 0.1) is 6.92 Å². The number of hydrogen-bond acceptors (Lipinski definition) is 8. The Balaban J connectivity index is 1.29. The lowest BCUT2D eigenvalue weighted by Gasteiger charge is -2.16. The van der Waals surface area contributed by atoms with Crippen molar-refractivity contribution in [3.05, 3.63) is 104 Å². The number of anilines is 2. The van der Waals surface area contributed by atoms with Gasteiger partial charge in [-0.3, -0.25) is 19.3 Å². The molecule has 2 aromatic heterocycles. The van der Waals surface area contributed by atoms with Crippen molar-refractivity contribution in [1.29, 1.82) is 0 Å². The van der Waals surface area contributed by atoms with E-state index in [1.54, 1.807) is 55.5 Å². The third kappa shape index (κ3) is 4.76. The molecule has 0 fully saturated rings. The van der Waals surface area contributed by atoms with Crippen LogP contribution in [-0.4, -0.2) is 45.5 Å². The average molecular weight is 566 g/mol. The van der Waals surface area contributed by atoms with Crippen LogP contribution in [0.25, 0.3) is 21.9 Å². The molecule has 0 atom stereocenters. The summed E-state index contributed by atoms with van der Waals surface area (Å²) in [6, 6.07) is 21.0. The Labute approximate surface area is 237 Å². The molecule has 3 aromatic carbocycles. The van der Waals surface area contributed by atoms with Gasteiger partial charge in [-0.2, -0.15) is 9.50 Å². The van der Waals surface area contributed by atoms with E-state index in [-0.39, 0.29) is 23.3 Å². The van der Waals surface area contributed by atoms with Crippen molar-refractivity contribution in [2.45, 2.75) is 13.8 Å². The molecule has 0 saturated carbocycles. The van der Waals surface area contributed by atoms with E-state index in [1.807, 2.05) is 31.2 Å².